The average Bonchev–Trinajstić information content (AvgIpc) is 3.92. The van der Waals surface area contributed by atoms with Gasteiger partial charge in [-0.25, -0.2) is 0 Å². The summed E-state index contributed by atoms with van der Waals surface area (Å²) in [6.45, 7) is 17.3. The fraction of sp³-hybridized carbons (Fsp3) is 0.545. The van der Waals surface area contributed by atoms with Gasteiger partial charge in [0.15, 0.2) is 23.0 Å². The smallest absolute Gasteiger partial charge is 0.203 e. The second-order valence-electron chi connectivity index (χ2n) is 20.6. The highest BCUT2D eigenvalue weighted by Crippen LogP contribution is 2.46. The molecule has 0 atom stereocenters. The third-order valence-corrected chi connectivity index (χ3v) is 14.5. The first-order valence-electron chi connectivity index (χ1n) is 29.7. The normalized spacial score (nSPS) is 11.6. The molecule has 0 saturated carbocycles. The first-order chi connectivity index (χ1) is 36.6. The van der Waals surface area contributed by atoms with Crippen molar-refractivity contribution in [1.29, 1.82) is 0 Å². The molecule has 0 unspecified atom stereocenters. The molecule has 0 bridgehead atoms. The number of fused-ring (bicyclic) bond motifs is 6. The van der Waals surface area contributed by atoms with Gasteiger partial charge in [0.2, 0.25) is 11.5 Å². The Kier molecular flexibility index (Phi) is 23.4. The zero-order valence-electron chi connectivity index (χ0n) is 46.6. The van der Waals surface area contributed by atoms with Gasteiger partial charge >= 0.3 is 0 Å². The molecule has 0 N–H and O–H groups in total. The number of aromatic nitrogens is 2. The highest BCUT2D eigenvalue weighted by atomic mass is 16.5. The topological polar surface area (TPSA) is 65.2 Å². The Morgan fingerprint density at radius 3 is 0.824 bits per heavy atom. The molecule has 0 aliphatic carbocycles. The highest BCUT2D eigenvalue weighted by molar-refractivity contribution is 6.19. The van der Waals surface area contributed by atoms with Crippen LogP contribution >= 0.6 is 0 Å². The minimum absolute atomic E-state index is 0.627. The molecule has 0 aliphatic rings. The number of hydrogen-bond acceptors (Lipinski definition) is 6. The van der Waals surface area contributed by atoms with Crippen molar-refractivity contribution in [3.05, 3.63) is 84.9 Å². The van der Waals surface area contributed by atoms with Crippen molar-refractivity contribution in [3.63, 3.8) is 0 Å². The molecule has 8 heteroatoms. The summed E-state index contributed by atoms with van der Waals surface area (Å²) in [5.74, 6) is 4.46. The number of para-hydroxylation sites is 2. The number of hydrogen-bond donors (Lipinski definition) is 0. The predicted molar refractivity (Wildman–Crippen MR) is 313 cm³/mol. The van der Waals surface area contributed by atoms with E-state index in [2.05, 4.69) is 136 Å². The van der Waals surface area contributed by atoms with Crippen LogP contribution in [0.15, 0.2) is 84.9 Å². The van der Waals surface area contributed by atoms with E-state index in [4.69, 9.17) is 28.4 Å². The van der Waals surface area contributed by atoms with Crippen molar-refractivity contribution in [2.24, 2.45) is 0 Å². The lowest BCUT2D eigenvalue weighted by molar-refractivity contribution is 0.234. The van der Waals surface area contributed by atoms with Gasteiger partial charge in [0.05, 0.1) is 73.1 Å². The van der Waals surface area contributed by atoms with Gasteiger partial charge in [0, 0.05) is 45.8 Å². The van der Waals surface area contributed by atoms with Gasteiger partial charge in [0.25, 0.3) is 0 Å². The van der Waals surface area contributed by atoms with Crippen molar-refractivity contribution in [2.75, 3.05) is 39.6 Å². The third kappa shape index (κ3) is 14.9. The van der Waals surface area contributed by atoms with Gasteiger partial charge in [-0.1, -0.05) is 194 Å². The number of rotatable bonds is 38. The maximum absolute atomic E-state index is 6.79. The Hall–Kier alpha value is -5.50. The van der Waals surface area contributed by atoms with E-state index >= 15 is 0 Å². The second kappa shape index (κ2) is 30.8. The average molecular weight is 1010 g/mol. The molecule has 0 aliphatic heterocycles. The first kappa shape index (κ1) is 56.2. The van der Waals surface area contributed by atoms with E-state index in [1.807, 2.05) is 0 Å². The zero-order chi connectivity index (χ0) is 51.7. The van der Waals surface area contributed by atoms with Crippen molar-refractivity contribution < 1.29 is 28.4 Å². The summed E-state index contributed by atoms with van der Waals surface area (Å²) in [5, 5.41) is 4.70. The maximum Gasteiger partial charge on any atom is 0.203 e. The summed E-state index contributed by atoms with van der Waals surface area (Å²) in [4.78, 5) is 0. The fourth-order valence-corrected chi connectivity index (χ4v) is 10.3. The molecule has 0 spiro atoms. The lowest BCUT2D eigenvalue weighted by atomic mass is 10.1. The van der Waals surface area contributed by atoms with Crippen molar-refractivity contribution in [3.8, 4) is 45.9 Å². The third-order valence-electron chi connectivity index (χ3n) is 14.5. The van der Waals surface area contributed by atoms with Crippen LogP contribution in [0, 0.1) is 0 Å². The molecule has 74 heavy (non-hydrogen) atoms. The molecule has 0 radical (unpaired) electrons. The van der Waals surface area contributed by atoms with Crippen molar-refractivity contribution in [2.45, 2.75) is 196 Å². The first-order valence-corrected chi connectivity index (χ1v) is 29.7. The van der Waals surface area contributed by atoms with Crippen molar-refractivity contribution in [1.82, 2.24) is 9.13 Å². The van der Waals surface area contributed by atoms with E-state index < -0.39 is 0 Å². The summed E-state index contributed by atoms with van der Waals surface area (Å²) in [7, 11) is 0. The number of ether oxygens (including phenoxy) is 6. The lowest BCUT2D eigenvalue weighted by Crippen LogP contribution is -2.08. The minimum atomic E-state index is 0.627. The molecule has 5 aromatic carbocycles. The quantitative estimate of drug-likeness (QED) is 0.0360. The molecular formula is C66H92N2O6. The van der Waals surface area contributed by atoms with Crippen LogP contribution in [0.25, 0.3) is 55.0 Å². The summed E-state index contributed by atoms with van der Waals surface area (Å²) in [6.07, 6.45) is 27.1. The summed E-state index contributed by atoms with van der Waals surface area (Å²) in [5.41, 5.74) is 6.49. The molecule has 0 saturated heterocycles. The van der Waals surface area contributed by atoms with Gasteiger partial charge in [-0.15, -0.1) is 0 Å². The van der Waals surface area contributed by atoms with Gasteiger partial charge < -0.3 is 37.6 Å². The highest BCUT2D eigenvalue weighted by Gasteiger charge is 2.24. The molecule has 8 nitrogen and oxygen atoms in total. The number of unbranched alkanes of at least 4 members (excludes halogenated alkanes) is 18. The monoisotopic (exact) mass is 1010 g/mol. The van der Waals surface area contributed by atoms with E-state index in [-0.39, 0.29) is 0 Å². The van der Waals surface area contributed by atoms with Crippen LogP contribution < -0.4 is 28.4 Å². The Morgan fingerprint density at radius 1 is 0.270 bits per heavy atom. The summed E-state index contributed by atoms with van der Waals surface area (Å²) < 4.78 is 45.4. The minimum Gasteiger partial charge on any atom is -0.489 e. The van der Waals surface area contributed by atoms with Gasteiger partial charge in [0.1, 0.15) is 0 Å². The standard InChI is InChI=1S/C66H92N2O6/c1-7-13-19-29-39-69-61-45-51(46-62(70-40-30-20-14-8-2)65(61)73-43-33-23-17-11-5)67-57-37-27-25-35-53(57)55-50-60-56(49-59(55)67)54-36-26-28-38-58(54)68(60)52-47-63(71-41-31-21-15-9-3)66(74-44-34-24-18-12-6)64(48-52)72-42-32-22-16-10-4/h25-28,35-38,45-50H,7-24,29-34,39-44H2,1-6H3. The van der Waals surface area contributed by atoms with Crippen LogP contribution in [0.5, 0.6) is 34.5 Å². The van der Waals surface area contributed by atoms with E-state index in [1.165, 1.54) is 98.6 Å². The molecule has 7 rings (SSSR count). The van der Waals surface area contributed by atoms with Crippen molar-refractivity contribution >= 4 is 43.6 Å². The van der Waals surface area contributed by atoms with Gasteiger partial charge in [-0.3, -0.25) is 0 Å². The Balaban J connectivity index is 1.40. The summed E-state index contributed by atoms with van der Waals surface area (Å²) in [6, 6.07) is 31.2. The van der Waals surface area contributed by atoms with Crippen LogP contribution in [-0.4, -0.2) is 48.8 Å². The second-order valence-corrected chi connectivity index (χ2v) is 20.6. The van der Waals surface area contributed by atoms with E-state index in [0.717, 1.165) is 145 Å². The number of benzene rings is 5. The van der Waals surface area contributed by atoms with Crippen LogP contribution in [0.3, 0.4) is 0 Å². The molecule has 0 amide bonds. The van der Waals surface area contributed by atoms with E-state index in [0.29, 0.717) is 39.6 Å². The van der Waals surface area contributed by atoms with E-state index in [9.17, 15) is 0 Å². The predicted octanol–water partition coefficient (Wildman–Crippen LogP) is 19.6. The largest absolute Gasteiger partial charge is 0.489 e. The molecule has 0 fully saturated rings. The SMILES string of the molecule is CCCCCCOc1cc(-n2c3ccccc3c3cc4c(cc32)c2ccccc2n4-c2cc(OCCCCCC)c(OCCCCCC)c(OCCCCCC)c2)cc(OCCCCCC)c1OCCCCCC. The molecule has 2 aromatic heterocycles. The van der Waals surface area contributed by atoms with Crippen LogP contribution in [-0.2, 0) is 0 Å². The Labute approximate surface area is 445 Å². The zero-order valence-corrected chi connectivity index (χ0v) is 46.6. The molecule has 2 heterocycles. The molecular weight excluding hydrogens is 917 g/mol. The van der Waals surface area contributed by atoms with Gasteiger partial charge in [-0.2, -0.15) is 0 Å². The maximum atomic E-state index is 6.79. The molecule has 7 aromatic rings. The molecule has 402 valence electrons. The van der Waals surface area contributed by atoms with Gasteiger partial charge in [-0.05, 0) is 62.8 Å². The lowest BCUT2D eigenvalue weighted by Gasteiger charge is -2.20. The van der Waals surface area contributed by atoms with E-state index in [1.54, 1.807) is 0 Å². The number of nitrogens with zero attached hydrogens (tertiary/aromatic N) is 2. The fourth-order valence-electron chi connectivity index (χ4n) is 10.3. The van der Waals surface area contributed by atoms with Crippen LogP contribution in [0.1, 0.15) is 196 Å². The summed E-state index contributed by atoms with van der Waals surface area (Å²) >= 11 is 0. The Bertz CT molecular complexity index is 2490. The van der Waals surface area contributed by atoms with Crippen LogP contribution in [0.2, 0.25) is 0 Å². The van der Waals surface area contributed by atoms with Crippen LogP contribution in [0.4, 0.5) is 0 Å². The Morgan fingerprint density at radius 2 is 0.541 bits per heavy atom.